The fourth-order valence-electron chi connectivity index (χ4n) is 1.66. The number of nitrogens with one attached hydrogen (secondary N) is 1. The molecule has 0 spiro atoms. The predicted molar refractivity (Wildman–Crippen MR) is 86.7 cm³/mol. The van der Waals surface area contributed by atoms with E-state index in [1.54, 1.807) is 18.2 Å². The molecule has 0 saturated carbocycles. The Hall–Kier alpha value is -1.37. The van der Waals surface area contributed by atoms with Crippen molar-refractivity contribution in [3.05, 3.63) is 57.5 Å². The second-order valence-corrected chi connectivity index (χ2v) is 7.71. The lowest BCUT2D eigenvalue weighted by Crippen LogP contribution is -2.12. The average Bonchev–Trinajstić information content (AvgIpc) is 2.41. The molecule has 0 aliphatic heterocycles. The summed E-state index contributed by atoms with van der Waals surface area (Å²) < 4.78 is 23.5. The number of hydrogen-bond donors (Lipinski definition) is 1. The van der Waals surface area contributed by atoms with E-state index in [0.29, 0.717) is 16.3 Å². The quantitative estimate of drug-likeness (QED) is 0.871. The highest BCUT2D eigenvalue weighted by molar-refractivity contribution is 9.10. The minimum absolute atomic E-state index is 0.195. The van der Waals surface area contributed by atoms with Gasteiger partial charge in [0, 0.05) is 16.4 Å². The largest absolute Gasteiger partial charge is 0.322 e. The molecule has 0 radical (unpaired) electrons. The van der Waals surface area contributed by atoms with Gasteiger partial charge in [-0.05, 0) is 42.5 Å². The van der Waals surface area contributed by atoms with E-state index < -0.39 is 9.84 Å². The summed E-state index contributed by atoms with van der Waals surface area (Å²) in [6.45, 7) is 0. The van der Waals surface area contributed by atoms with Gasteiger partial charge in [0.25, 0.3) is 5.91 Å². The van der Waals surface area contributed by atoms with Crippen LogP contribution < -0.4 is 5.32 Å². The topological polar surface area (TPSA) is 63.2 Å². The van der Waals surface area contributed by atoms with Gasteiger partial charge in [0.1, 0.15) is 0 Å². The molecule has 110 valence electrons. The van der Waals surface area contributed by atoms with Crippen molar-refractivity contribution in [1.29, 1.82) is 0 Å². The molecule has 0 fully saturated rings. The summed E-state index contributed by atoms with van der Waals surface area (Å²) in [5, 5.41) is 3.00. The van der Waals surface area contributed by atoms with Crippen molar-refractivity contribution >= 4 is 49.0 Å². The van der Waals surface area contributed by atoms with E-state index in [0.717, 1.165) is 10.7 Å². The van der Waals surface area contributed by atoms with Gasteiger partial charge in [0.2, 0.25) is 0 Å². The molecule has 2 rings (SSSR count). The molecule has 0 aromatic heterocycles. The molecule has 2 aromatic rings. The minimum atomic E-state index is -3.25. The fraction of sp³-hybridized carbons (Fsp3) is 0.0714. The molecule has 0 saturated heterocycles. The Labute approximate surface area is 136 Å². The highest BCUT2D eigenvalue weighted by atomic mass is 79.9. The summed E-state index contributed by atoms with van der Waals surface area (Å²) in [6, 6.07) is 10.9. The molecule has 2 aromatic carbocycles. The van der Waals surface area contributed by atoms with E-state index >= 15 is 0 Å². The number of amides is 1. The van der Waals surface area contributed by atoms with Gasteiger partial charge in [-0.3, -0.25) is 4.79 Å². The van der Waals surface area contributed by atoms with Crippen LogP contribution >= 0.6 is 27.5 Å². The molecule has 0 atom stereocenters. The lowest BCUT2D eigenvalue weighted by molar-refractivity contribution is 0.102. The molecular formula is C14H11BrClNO3S. The molecule has 1 amide bonds. The van der Waals surface area contributed by atoms with Gasteiger partial charge < -0.3 is 5.32 Å². The number of carbonyl (C=O) groups is 1. The van der Waals surface area contributed by atoms with Gasteiger partial charge in [0.05, 0.1) is 15.5 Å². The molecule has 1 N–H and O–H groups in total. The molecule has 0 bridgehead atoms. The van der Waals surface area contributed by atoms with Crippen LogP contribution in [-0.2, 0) is 9.84 Å². The normalized spacial score (nSPS) is 11.2. The van der Waals surface area contributed by atoms with Gasteiger partial charge in [-0.1, -0.05) is 27.5 Å². The van der Waals surface area contributed by atoms with Crippen molar-refractivity contribution in [2.45, 2.75) is 4.90 Å². The highest BCUT2D eigenvalue weighted by Gasteiger charge is 2.12. The molecule has 21 heavy (non-hydrogen) atoms. The second kappa shape index (κ2) is 6.17. The first-order chi connectivity index (χ1) is 9.77. The number of sulfone groups is 1. The summed E-state index contributed by atoms with van der Waals surface area (Å²) >= 11 is 9.26. The van der Waals surface area contributed by atoms with Crippen LogP contribution in [0, 0.1) is 0 Å². The van der Waals surface area contributed by atoms with Crippen molar-refractivity contribution in [3.8, 4) is 0 Å². The van der Waals surface area contributed by atoms with Crippen LogP contribution in [0.3, 0.4) is 0 Å². The van der Waals surface area contributed by atoms with Gasteiger partial charge in [-0.15, -0.1) is 0 Å². The maximum absolute atomic E-state index is 12.1. The summed E-state index contributed by atoms with van der Waals surface area (Å²) in [4.78, 5) is 12.3. The Morgan fingerprint density at radius 3 is 2.33 bits per heavy atom. The zero-order valence-electron chi connectivity index (χ0n) is 10.9. The van der Waals surface area contributed by atoms with E-state index in [4.69, 9.17) is 11.6 Å². The van der Waals surface area contributed by atoms with Crippen molar-refractivity contribution < 1.29 is 13.2 Å². The standard InChI is InChI=1S/C14H11BrClNO3S/c1-21(19,20)11-5-3-10(4-6-11)17-14(18)12-8-9(15)2-7-13(12)16/h2-8H,1H3,(H,17,18). The number of halogens is 2. The molecule has 4 nitrogen and oxygen atoms in total. The van der Waals surface area contributed by atoms with E-state index in [-0.39, 0.29) is 10.8 Å². The SMILES string of the molecule is CS(=O)(=O)c1ccc(NC(=O)c2cc(Br)ccc2Cl)cc1. The number of anilines is 1. The van der Waals surface area contributed by atoms with Crippen LogP contribution in [0.4, 0.5) is 5.69 Å². The summed E-state index contributed by atoms with van der Waals surface area (Å²) in [7, 11) is -3.25. The van der Waals surface area contributed by atoms with Crippen LogP contribution in [-0.4, -0.2) is 20.6 Å². The third-order valence-corrected chi connectivity index (χ3v) is 4.66. The van der Waals surface area contributed by atoms with Gasteiger partial charge in [-0.25, -0.2) is 8.42 Å². The first-order valence-electron chi connectivity index (χ1n) is 5.84. The van der Waals surface area contributed by atoms with Gasteiger partial charge >= 0.3 is 0 Å². The van der Waals surface area contributed by atoms with Crippen LogP contribution in [0.1, 0.15) is 10.4 Å². The van der Waals surface area contributed by atoms with Crippen molar-refractivity contribution in [3.63, 3.8) is 0 Å². The minimum Gasteiger partial charge on any atom is -0.322 e. The van der Waals surface area contributed by atoms with E-state index in [1.807, 2.05) is 0 Å². The Kier molecular flexibility index (Phi) is 4.70. The predicted octanol–water partition coefficient (Wildman–Crippen LogP) is 3.76. The zero-order valence-corrected chi connectivity index (χ0v) is 14.1. The van der Waals surface area contributed by atoms with E-state index in [2.05, 4.69) is 21.2 Å². The Morgan fingerprint density at radius 1 is 1.14 bits per heavy atom. The lowest BCUT2D eigenvalue weighted by atomic mass is 10.2. The molecule has 0 aliphatic rings. The first-order valence-corrected chi connectivity index (χ1v) is 8.90. The Morgan fingerprint density at radius 2 is 1.76 bits per heavy atom. The smallest absolute Gasteiger partial charge is 0.257 e. The second-order valence-electron chi connectivity index (χ2n) is 4.37. The number of hydrogen-bond acceptors (Lipinski definition) is 3. The molecule has 0 heterocycles. The van der Waals surface area contributed by atoms with Crippen LogP contribution in [0.15, 0.2) is 51.8 Å². The monoisotopic (exact) mass is 387 g/mol. The number of benzene rings is 2. The van der Waals surface area contributed by atoms with Crippen LogP contribution in [0.25, 0.3) is 0 Å². The van der Waals surface area contributed by atoms with Crippen molar-refractivity contribution in [2.24, 2.45) is 0 Å². The number of carbonyl (C=O) groups excluding carboxylic acids is 1. The summed E-state index contributed by atoms with van der Waals surface area (Å²) in [5.74, 6) is -0.367. The Bertz CT molecular complexity index is 788. The zero-order chi connectivity index (χ0) is 15.6. The first kappa shape index (κ1) is 16.0. The molecular weight excluding hydrogens is 378 g/mol. The third kappa shape index (κ3) is 4.06. The molecule has 0 unspecified atom stereocenters. The van der Waals surface area contributed by atoms with E-state index in [1.165, 1.54) is 24.3 Å². The maximum atomic E-state index is 12.1. The molecule has 7 heteroatoms. The van der Waals surface area contributed by atoms with Crippen molar-refractivity contribution in [2.75, 3.05) is 11.6 Å². The molecule has 0 aliphatic carbocycles. The average molecular weight is 389 g/mol. The number of rotatable bonds is 3. The summed E-state index contributed by atoms with van der Waals surface area (Å²) in [5.41, 5.74) is 0.821. The Balaban J connectivity index is 2.22. The summed E-state index contributed by atoms with van der Waals surface area (Å²) in [6.07, 6.45) is 1.13. The van der Waals surface area contributed by atoms with E-state index in [9.17, 15) is 13.2 Å². The van der Waals surface area contributed by atoms with Gasteiger partial charge in [0.15, 0.2) is 9.84 Å². The fourth-order valence-corrected chi connectivity index (χ4v) is 2.85. The maximum Gasteiger partial charge on any atom is 0.257 e. The highest BCUT2D eigenvalue weighted by Crippen LogP contribution is 2.22. The van der Waals surface area contributed by atoms with Gasteiger partial charge in [-0.2, -0.15) is 0 Å². The lowest BCUT2D eigenvalue weighted by Gasteiger charge is -2.08. The van der Waals surface area contributed by atoms with Crippen molar-refractivity contribution in [1.82, 2.24) is 0 Å². The van der Waals surface area contributed by atoms with Crippen LogP contribution in [0.5, 0.6) is 0 Å². The van der Waals surface area contributed by atoms with Crippen LogP contribution in [0.2, 0.25) is 5.02 Å². The third-order valence-electron chi connectivity index (χ3n) is 2.71.